The number of aromatic nitrogens is 2. The number of nitrogen functional groups attached to an aromatic ring is 1. The molecule has 0 aliphatic carbocycles. The van der Waals surface area contributed by atoms with Gasteiger partial charge in [0.2, 0.25) is 5.06 Å². The second-order valence-electron chi connectivity index (χ2n) is 6.43. The number of hydrogen-bond acceptors (Lipinski definition) is 8. The molecule has 0 radical (unpaired) electrons. The Morgan fingerprint density at radius 1 is 1.40 bits per heavy atom. The topological polar surface area (TPSA) is 120 Å². The molecule has 30 heavy (non-hydrogen) atoms. The summed E-state index contributed by atoms with van der Waals surface area (Å²) in [6.07, 6.45) is 0.800. The number of anilines is 1. The maximum Gasteiger partial charge on any atom is 0.336 e. The van der Waals surface area contributed by atoms with Crippen LogP contribution in [0.15, 0.2) is 30.5 Å². The van der Waals surface area contributed by atoms with E-state index in [9.17, 15) is 14.3 Å². The van der Waals surface area contributed by atoms with Gasteiger partial charge >= 0.3 is 5.97 Å². The van der Waals surface area contributed by atoms with Gasteiger partial charge in [0, 0.05) is 35.4 Å². The molecule has 0 saturated heterocycles. The number of carboxylic acid groups (broad SMARTS) is 1. The van der Waals surface area contributed by atoms with Gasteiger partial charge in [-0.1, -0.05) is 0 Å². The highest BCUT2D eigenvalue weighted by Crippen LogP contribution is 2.39. The summed E-state index contributed by atoms with van der Waals surface area (Å²) in [5.74, 6) is -1.37. The number of nitrogens with two attached hydrogens (primary N) is 1. The van der Waals surface area contributed by atoms with E-state index in [2.05, 4.69) is 14.7 Å². The van der Waals surface area contributed by atoms with Gasteiger partial charge in [-0.05, 0) is 38.2 Å². The number of carboxylic acids is 1. The molecule has 2 heterocycles. The predicted molar refractivity (Wildman–Crippen MR) is 111 cm³/mol. The third-order valence-electron chi connectivity index (χ3n) is 4.42. The lowest BCUT2D eigenvalue weighted by molar-refractivity contribution is 0.0691. The Balaban J connectivity index is 1.99. The first-order chi connectivity index (χ1) is 14.3. The summed E-state index contributed by atoms with van der Waals surface area (Å²) in [4.78, 5) is 15.7. The zero-order valence-corrected chi connectivity index (χ0v) is 17.4. The third-order valence-corrected chi connectivity index (χ3v) is 5.27. The van der Waals surface area contributed by atoms with Gasteiger partial charge < -0.3 is 25.6 Å². The van der Waals surface area contributed by atoms with Crippen molar-refractivity contribution in [2.45, 2.75) is 19.6 Å². The molecule has 0 aliphatic heterocycles. The zero-order valence-electron chi connectivity index (χ0n) is 16.6. The predicted octanol–water partition coefficient (Wildman–Crippen LogP) is 3.49. The molecule has 4 N–H and O–H groups in total. The average Bonchev–Trinajstić information content (AvgIpc) is 3.12. The van der Waals surface area contributed by atoms with Gasteiger partial charge in [-0.15, -0.1) is 0 Å². The summed E-state index contributed by atoms with van der Waals surface area (Å²) in [5, 5.41) is 13.1. The molecule has 0 bridgehead atoms. The van der Waals surface area contributed by atoms with Gasteiger partial charge in [-0.2, -0.15) is 4.37 Å². The molecule has 1 atom stereocenters. The van der Waals surface area contributed by atoms with Crippen molar-refractivity contribution < 1.29 is 23.8 Å². The molecule has 158 valence electrons. The number of hydrogen-bond donors (Lipinski definition) is 3. The van der Waals surface area contributed by atoms with Crippen LogP contribution >= 0.6 is 11.5 Å². The molecule has 1 unspecified atom stereocenters. The summed E-state index contributed by atoms with van der Waals surface area (Å²) in [6, 6.07) is 5.12. The summed E-state index contributed by atoms with van der Waals surface area (Å²) in [7, 11) is 3.37. The van der Waals surface area contributed by atoms with E-state index in [-0.39, 0.29) is 22.7 Å². The van der Waals surface area contributed by atoms with E-state index in [1.807, 2.05) is 7.05 Å². The molecule has 2 aromatic heterocycles. The quantitative estimate of drug-likeness (QED) is 0.495. The van der Waals surface area contributed by atoms with Gasteiger partial charge in [0.05, 0.1) is 23.9 Å². The number of ether oxygens (including phenoxy) is 2. The van der Waals surface area contributed by atoms with Crippen LogP contribution < -0.4 is 20.5 Å². The molecule has 0 aliphatic rings. The van der Waals surface area contributed by atoms with Gasteiger partial charge in [0.1, 0.15) is 11.9 Å². The Morgan fingerprint density at radius 2 is 2.17 bits per heavy atom. The lowest BCUT2D eigenvalue weighted by Gasteiger charge is -2.18. The van der Waals surface area contributed by atoms with Crippen molar-refractivity contribution in [3.63, 3.8) is 0 Å². The number of nitrogens with zero attached hydrogens (tertiary/aromatic N) is 2. The van der Waals surface area contributed by atoms with Crippen molar-refractivity contribution in [1.29, 1.82) is 0 Å². The van der Waals surface area contributed by atoms with Crippen LogP contribution in [-0.2, 0) is 6.54 Å². The Bertz CT molecular complexity index is 1070. The molecular weight excluding hydrogens is 411 g/mol. The molecule has 0 amide bonds. The molecule has 8 nitrogen and oxygen atoms in total. The number of aromatic carboxylic acids is 1. The minimum atomic E-state index is -1.17. The lowest BCUT2D eigenvalue weighted by Crippen LogP contribution is -2.12. The smallest absolute Gasteiger partial charge is 0.336 e. The number of halogens is 1. The minimum Gasteiger partial charge on any atom is -0.486 e. The first-order valence-electron chi connectivity index (χ1n) is 8.98. The molecule has 1 aromatic carbocycles. The summed E-state index contributed by atoms with van der Waals surface area (Å²) in [6.45, 7) is 2.14. The van der Waals surface area contributed by atoms with Crippen molar-refractivity contribution in [2.75, 3.05) is 19.9 Å². The monoisotopic (exact) mass is 432 g/mol. The van der Waals surface area contributed by atoms with Gasteiger partial charge in [0.25, 0.3) is 0 Å². The standard InChI is InChI=1S/C20H21FN4O4S/c1-10(14-7-12(21)4-5-13(14)19(26)27)29-16-6-11(8-24-18(16)22)17-15(9-23-2)25-30-20(17)28-3/h4-8,10,23H,9H2,1-3H3,(H2,22,24)(H,26,27). The van der Waals surface area contributed by atoms with E-state index >= 15 is 0 Å². The number of carbonyl (C=O) groups is 1. The summed E-state index contributed by atoms with van der Waals surface area (Å²) >= 11 is 1.22. The van der Waals surface area contributed by atoms with Crippen LogP contribution in [0.1, 0.15) is 34.6 Å². The fourth-order valence-electron chi connectivity index (χ4n) is 3.02. The SMILES string of the molecule is CNCc1nsc(OC)c1-c1cnc(N)c(OC(C)c2cc(F)ccc2C(=O)O)c1. The normalized spacial score (nSPS) is 11.9. The van der Waals surface area contributed by atoms with Crippen LogP contribution in [0.25, 0.3) is 11.1 Å². The maximum absolute atomic E-state index is 13.7. The van der Waals surface area contributed by atoms with Crippen molar-refractivity contribution in [3.8, 4) is 21.9 Å². The number of benzene rings is 1. The molecular formula is C20H21FN4O4S. The lowest BCUT2D eigenvalue weighted by atomic mass is 10.0. The number of rotatable bonds is 8. The number of pyridine rings is 1. The van der Waals surface area contributed by atoms with Gasteiger partial charge in [0.15, 0.2) is 11.6 Å². The van der Waals surface area contributed by atoms with E-state index < -0.39 is 17.9 Å². The molecule has 0 fully saturated rings. The average molecular weight is 432 g/mol. The molecule has 0 saturated carbocycles. The first kappa shape index (κ1) is 21.5. The van der Waals surface area contributed by atoms with Crippen molar-refractivity contribution >= 4 is 23.3 Å². The van der Waals surface area contributed by atoms with Crippen molar-refractivity contribution in [3.05, 3.63) is 53.1 Å². The molecule has 3 rings (SSSR count). The largest absolute Gasteiger partial charge is 0.486 e. The van der Waals surface area contributed by atoms with Crippen LogP contribution in [0, 0.1) is 5.82 Å². The fraction of sp³-hybridized carbons (Fsp3) is 0.250. The van der Waals surface area contributed by atoms with Crippen molar-refractivity contribution in [1.82, 2.24) is 14.7 Å². The Kier molecular flexibility index (Phi) is 6.48. The van der Waals surface area contributed by atoms with E-state index in [0.717, 1.165) is 23.4 Å². The van der Waals surface area contributed by atoms with E-state index in [1.165, 1.54) is 17.6 Å². The molecule has 0 spiro atoms. The minimum absolute atomic E-state index is 0.0494. The maximum atomic E-state index is 13.7. The highest BCUT2D eigenvalue weighted by Gasteiger charge is 2.21. The number of methoxy groups -OCH3 is 1. The van der Waals surface area contributed by atoms with Gasteiger partial charge in [-0.3, -0.25) is 0 Å². The fourth-order valence-corrected chi connectivity index (χ4v) is 3.77. The number of nitrogens with one attached hydrogen (secondary N) is 1. The van der Waals surface area contributed by atoms with E-state index in [4.69, 9.17) is 15.2 Å². The van der Waals surface area contributed by atoms with E-state index in [1.54, 1.807) is 26.3 Å². The highest BCUT2D eigenvalue weighted by molar-refractivity contribution is 7.08. The zero-order chi connectivity index (χ0) is 21.8. The molecule has 10 heteroatoms. The Labute approximate surface area is 176 Å². The van der Waals surface area contributed by atoms with Gasteiger partial charge in [-0.25, -0.2) is 14.2 Å². The summed E-state index contributed by atoms with van der Waals surface area (Å²) in [5.41, 5.74) is 8.35. The summed E-state index contributed by atoms with van der Waals surface area (Å²) < 4.78 is 29.5. The molecule has 3 aromatic rings. The highest BCUT2D eigenvalue weighted by atomic mass is 32.1. The van der Waals surface area contributed by atoms with Crippen molar-refractivity contribution in [2.24, 2.45) is 0 Å². The third kappa shape index (κ3) is 4.34. The Hall–Kier alpha value is -3.24. The van der Waals surface area contributed by atoms with Crippen LogP contribution in [0.5, 0.6) is 10.8 Å². The second-order valence-corrected chi connectivity index (χ2v) is 7.17. The van der Waals surface area contributed by atoms with Crippen LogP contribution in [-0.4, -0.2) is 34.6 Å². The second kappa shape index (κ2) is 9.06. The first-order valence-corrected chi connectivity index (χ1v) is 9.75. The van der Waals surface area contributed by atoms with Crippen LogP contribution in [0.3, 0.4) is 0 Å². The van der Waals surface area contributed by atoms with Crippen LogP contribution in [0.4, 0.5) is 10.2 Å². The Morgan fingerprint density at radius 3 is 2.83 bits per heavy atom. The van der Waals surface area contributed by atoms with Crippen LogP contribution in [0.2, 0.25) is 0 Å². The van der Waals surface area contributed by atoms with E-state index in [0.29, 0.717) is 17.2 Å².